The molecule has 58 heavy (non-hydrogen) atoms. The second-order valence-electron chi connectivity index (χ2n) is 15.6. The van der Waals surface area contributed by atoms with Crippen molar-refractivity contribution in [2.24, 2.45) is 5.16 Å². The van der Waals surface area contributed by atoms with Gasteiger partial charge in [-0.05, 0) is 56.9 Å². The highest BCUT2D eigenvalue weighted by molar-refractivity contribution is 7.53. The number of fused-ring (bicyclic) bond motifs is 5. The Kier molecular flexibility index (Phi) is 11.8. The molecule has 3 aromatic rings. The zero-order valence-corrected chi connectivity index (χ0v) is 34.2. The van der Waals surface area contributed by atoms with E-state index in [1.165, 1.54) is 24.8 Å². The summed E-state index contributed by atoms with van der Waals surface area (Å²) in [6, 6.07) is 5.34. The van der Waals surface area contributed by atoms with Gasteiger partial charge >= 0.3 is 13.6 Å². The number of methoxy groups -OCH3 is 1. The molecule has 0 aliphatic carbocycles. The molecule has 3 aliphatic heterocycles. The van der Waals surface area contributed by atoms with Gasteiger partial charge in [0.2, 0.25) is 23.9 Å². The van der Waals surface area contributed by atoms with Crippen molar-refractivity contribution in [3.8, 4) is 11.5 Å². The quantitative estimate of drug-likeness (QED) is 0.119. The molecule has 316 valence electrons. The predicted molar refractivity (Wildman–Crippen MR) is 210 cm³/mol. The molecular weight excluding hydrogens is 781 g/mol. The maximum Gasteiger partial charge on any atom is 0.376 e. The van der Waals surface area contributed by atoms with Crippen LogP contribution < -0.4 is 20.0 Å². The molecule has 3 aliphatic rings. The van der Waals surface area contributed by atoms with Gasteiger partial charge < -0.3 is 43.2 Å². The highest BCUT2D eigenvalue weighted by Gasteiger charge is 2.55. The first kappa shape index (κ1) is 42.3. The molecule has 2 N–H and O–H groups in total. The van der Waals surface area contributed by atoms with Gasteiger partial charge in [0.1, 0.15) is 22.9 Å². The number of pyridine rings is 1. The van der Waals surface area contributed by atoms with Crippen molar-refractivity contribution >= 4 is 31.3 Å². The molecule has 6 rings (SSSR count). The van der Waals surface area contributed by atoms with Crippen molar-refractivity contribution in [3.63, 3.8) is 0 Å². The number of amides is 2. The number of aromatic nitrogens is 1. The van der Waals surface area contributed by atoms with Crippen LogP contribution in [-0.4, -0.2) is 76.3 Å². The molecule has 1 saturated heterocycles. The van der Waals surface area contributed by atoms with Crippen LogP contribution in [-0.2, 0) is 35.6 Å². The van der Waals surface area contributed by atoms with Gasteiger partial charge in [-0.1, -0.05) is 38.1 Å². The zero-order valence-electron chi connectivity index (χ0n) is 33.4. The van der Waals surface area contributed by atoms with Crippen molar-refractivity contribution in [1.29, 1.82) is 0 Å². The summed E-state index contributed by atoms with van der Waals surface area (Å²) >= 11 is 0. The molecule has 1 unspecified atom stereocenters. The van der Waals surface area contributed by atoms with Crippen LogP contribution >= 0.6 is 7.60 Å². The number of oxime groups is 1. The number of carbonyl (C=O) groups excluding carboxylic acids is 3. The Morgan fingerprint density at radius 2 is 1.93 bits per heavy atom. The molecule has 2 amide bonds. The number of halogens is 2. The fourth-order valence-corrected chi connectivity index (χ4v) is 8.57. The van der Waals surface area contributed by atoms with E-state index in [-0.39, 0.29) is 51.5 Å². The Labute approximate surface area is 336 Å². The van der Waals surface area contributed by atoms with E-state index in [2.05, 4.69) is 10.5 Å². The van der Waals surface area contributed by atoms with Gasteiger partial charge in [0, 0.05) is 50.8 Å². The minimum absolute atomic E-state index is 0. The third-order valence-electron chi connectivity index (χ3n) is 11.0. The van der Waals surface area contributed by atoms with Gasteiger partial charge in [0.25, 0.3) is 11.8 Å². The van der Waals surface area contributed by atoms with Crippen LogP contribution in [0.25, 0.3) is 0 Å². The standard InChI is InChI=1S/C40H47F2N4O11P.2H2/c1-8-58(51,52)56-29-14-22(2)13-23(3)33(29)39(5,6)17-32(47)54-21-55-36-34-38(50)45-20-30(40(12-11-24(45)4)16-31(53-7)44-57-40)46(34)19-27(35(36)48)37(49)43-18-25-9-10-26(41)15-28(25)42;;/h9-10,13-15,19,24,30H,8,11-12,16-18,20-21H2,1-7H3,(H,43,49)(H,51,52);2*1H/t24-,30+,40-;;/m0../s1. The molecule has 1 aromatic heterocycles. The van der Waals surface area contributed by atoms with Crippen molar-refractivity contribution in [1.82, 2.24) is 14.8 Å². The largest absolute Gasteiger partial charge is 0.482 e. The average Bonchev–Trinajstić information content (AvgIpc) is 3.52. The fraction of sp³-hybridized carbons (Fsp3) is 0.475. The molecule has 15 nitrogen and oxygen atoms in total. The highest BCUT2D eigenvalue weighted by Crippen LogP contribution is 2.48. The molecule has 1 fully saturated rings. The van der Waals surface area contributed by atoms with E-state index in [0.717, 1.165) is 17.7 Å². The van der Waals surface area contributed by atoms with Crippen LogP contribution in [0.4, 0.5) is 8.78 Å². The SMILES string of the molecule is CCP(=O)(O)Oc1cc(C)cc(C)c1C(C)(C)CC(=O)OCOc1c2n(cc(C(=O)NCc3ccc(F)cc3F)c1=O)[C@@H]1CN(C2=O)[C@@H](C)CC[C@]12CC(OC)=NO2.[HH].[HH]. The van der Waals surface area contributed by atoms with E-state index < -0.39 is 84.2 Å². The number of carbonyl (C=O) groups is 3. The number of hydrogen-bond donors (Lipinski definition) is 2. The Morgan fingerprint density at radius 1 is 1.19 bits per heavy atom. The first-order valence-corrected chi connectivity index (χ1v) is 20.6. The third-order valence-corrected chi connectivity index (χ3v) is 12.3. The minimum Gasteiger partial charge on any atom is -0.482 e. The first-order chi connectivity index (χ1) is 27.3. The number of benzene rings is 2. The number of hydrogen-bond acceptors (Lipinski definition) is 11. The van der Waals surface area contributed by atoms with E-state index in [4.69, 9.17) is 23.6 Å². The summed E-state index contributed by atoms with van der Waals surface area (Å²) < 4.78 is 64.4. The van der Waals surface area contributed by atoms with Crippen LogP contribution in [0.1, 0.15) is 105 Å². The lowest BCUT2D eigenvalue weighted by Crippen LogP contribution is -2.52. The highest BCUT2D eigenvalue weighted by atomic mass is 31.2. The molecule has 0 radical (unpaired) electrons. The van der Waals surface area contributed by atoms with E-state index in [1.54, 1.807) is 31.7 Å². The second-order valence-corrected chi connectivity index (χ2v) is 17.7. The molecule has 4 heterocycles. The summed E-state index contributed by atoms with van der Waals surface area (Å²) in [5, 5.41) is 6.61. The molecular formula is C40H51F2N4O11P. The van der Waals surface area contributed by atoms with Gasteiger partial charge in [0.05, 0.1) is 32.2 Å². The van der Waals surface area contributed by atoms with E-state index in [0.29, 0.717) is 35.9 Å². The average molecular weight is 833 g/mol. The molecule has 18 heteroatoms. The monoisotopic (exact) mass is 832 g/mol. The summed E-state index contributed by atoms with van der Waals surface area (Å²) in [6.45, 7) is 9.37. The number of nitrogens with zero attached hydrogens (tertiary/aromatic N) is 3. The Hall–Kier alpha value is -5.28. The molecule has 2 bridgehead atoms. The normalized spacial score (nSPS) is 21.0. The smallest absolute Gasteiger partial charge is 0.376 e. The van der Waals surface area contributed by atoms with Crippen molar-refractivity contribution in [3.05, 3.63) is 91.9 Å². The minimum atomic E-state index is -3.98. The van der Waals surface area contributed by atoms with Crippen LogP contribution in [0.2, 0.25) is 0 Å². The topological polar surface area (TPSA) is 184 Å². The van der Waals surface area contributed by atoms with Crippen molar-refractivity contribution < 1.29 is 59.0 Å². The third kappa shape index (κ3) is 8.33. The van der Waals surface area contributed by atoms with Crippen LogP contribution in [0, 0.1) is 25.5 Å². The van der Waals surface area contributed by atoms with Gasteiger partial charge in [-0.2, -0.15) is 0 Å². The molecule has 0 saturated carbocycles. The summed E-state index contributed by atoms with van der Waals surface area (Å²) in [4.78, 5) is 73.6. The van der Waals surface area contributed by atoms with Crippen LogP contribution in [0.5, 0.6) is 11.5 Å². The molecule has 1 spiro atoms. The van der Waals surface area contributed by atoms with Crippen LogP contribution in [0.15, 0.2) is 46.5 Å². The van der Waals surface area contributed by atoms with Gasteiger partial charge in [-0.3, -0.25) is 19.2 Å². The number of rotatable bonds is 12. The lowest BCUT2D eigenvalue weighted by molar-refractivity contribution is -0.151. The van der Waals surface area contributed by atoms with Gasteiger partial charge in [0.15, 0.2) is 11.3 Å². The molecule has 2 aromatic carbocycles. The number of ether oxygens (including phenoxy) is 3. The van der Waals surface area contributed by atoms with E-state index in [9.17, 15) is 37.4 Å². The second kappa shape index (κ2) is 16.2. The van der Waals surface area contributed by atoms with E-state index in [1.807, 2.05) is 19.9 Å². The summed E-state index contributed by atoms with van der Waals surface area (Å²) in [6.07, 6.45) is 2.01. The zero-order chi connectivity index (χ0) is 42.3. The van der Waals surface area contributed by atoms with Gasteiger partial charge in [-0.15, -0.1) is 0 Å². The maximum atomic E-state index is 14.5. The van der Waals surface area contributed by atoms with Gasteiger partial charge in [-0.25, -0.2) is 13.3 Å². The first-order valence-electron chi connectivity index (χ1n) is 18.8. The summed E-state index contributed by atoms with van der Waals surface area (Å²) in [5.74, 6) is -4.08. The Balaban J connectivity index is 0.00000397. The van der Waals surface area contributed by atoms with Crippen molar-refractivity contribution in [2.75, 3.05) is 26.6 Å². The number of aryl methyl sites for hydroxylation is 2. The maximum absolute atomic E-state index is 14.5. The number of esters is 1. The summed E-state index contributed by atoms with van der Waals surface area (Å²) in [7, 11) is -2.52. The van der Waals surface area contributed by atoms with Crippen LogP contribution in [0.3, 0.4) is 0 Å². The summed E-state index contributed by atoms with van der Waals surface area (Å²) in [5.41, 5.74) is -1.74. The van der Waals surface area contributed by atoms with Crippen molar-refractivity contribution in [2.45, 2.75) is 96.9 Å². The number of nitrogens with one attached hydrogen (secondary N) is 1. The lowest BCUT2D eigenvalue weighted by Gasteiger charge is -2.42. The molecule has 4 atom stereocenters. The Morgan fingerprint density at radius 3 is 2.60 bits per heavy atom. The predicted octanol–water partition coefficient (Wildman–Crippen LogP) is 6.30. The van der Waals surface area contributed by atoms with E-state index >= 15 is 0 Å². The Bertz CT molecular complexity index is 2310. The fourth-order valence-electron chi connectivity index (χ4n) is 7.99. The lowest BCUT2D eigenvalue weighted by atomic mass is 9.78.